The number of nitrogens with one attached hydrogen (secondary N) is 2. The Balaban J connectivity index is 1.96. The van der Waals surface area contributed by atoms with Crippen molar-refractivity contribution in [2.75, 3.05) is 10.6 Å². The molecule has 0 spiro atoms. The van der Waals surface area contributed by atoms with E-state index in [1.165, 1.54) is 6.92 Å². The summed E-state index contributed by atoms with van der Waals surface area (Å²) < 4.78 is 0. The predicted octanol–water partition coefficient (Wildman–Crippen LogP) is 4.56. The average Bonchev–Trinajstić information content (AvgIpc) is 2.41. The molecule has 0 aliphatic heterocycles. The zero-order chi connectivity index (χ0) is 14.5. The van der Waals surface area contributed by atoms with Crippen molar-refractivity contribution in [1.29, 1.82) is 0 Å². The number of carbonyl (C=O) groups excluding carboxylic acids is 1. The van der Waals surface area contributed by atoms with Crippen LogP contribution in [0.3, 0.4) is 0 Å². The highest BCUT2D eigenvalue weighted by atomic mass is 35.5. The van der Waals surface area contributed by atoms with Crippen LogP contribution in [0.25, 0.3) is 0 Å². The van der Waals surface area contributed by atoms with Gasteiger partial charge in [0, 0.05) is 24.8 Å². The summed E-state index contributed by atoms with van der Waals surface area (Å²) >= 11 is 11.8. The van der Waals surface area contributed by atoms with Crippen molar-refractivity contribution in [3.8, 4) is 0 Å². The van der Waals surface area contributed by atoms with E-state index in [9.17, 15) is 4.79 Å². The maximum absolute atomic E-state index is 10.9. The van der Waals surface area contributed by atoms with E-state index in [1.54, 1.807) is 6.07 Å². The summed E-state index contributed by atoms with van der Waals surface area (Å²) in [5.74, 6) is -0.0819. The third-order valence-electron chi connectivity index (χ3n) is 2.69. The number of benzene rings is 2. The Hall–Kier alpha value is -1.71. The fourth-order valence-electron chi connectivity index (χ4n) is 1.73. The summed E-state index contributed by atoms with van der Waals surface area (Å²) in [5.41, 5.74) is 2.79. The molecule has 1 amide bonds. The van der Waals surface area contributed by atoms with Crippen molar-refractivity contribution < 1.29 is 4.79 Å². The molecule has 5 heteroatoms. The van der Waals surface area contributed by atoms with Crippen molar-refractivity contribution in [2.45, 2.75) is 13.5 Å². The maximum atomic E-state index is 10.9. The molecule has 20 heavy (non-hydrogen) atoms. The van der Waals surface area contributed by atoms with Crippen LogP contribution in [0.4, 0.5) is 11.4 Å². The van der Waals surface area contributed by atoms with Gasteiger partial charge in [-0.1, -0.05) is 29.3 Å². The SMILES string of the molecule is CC(=O)Nc1ccc(NCc2ccc(Cl)c(Cl)c2)cc1. The van der Waals surface area contributed by atoms with E-state index in [1.807, 2.05) is 36.4 Å². The zero-order valence-corrected chi connectivity index (χ0v) is 12.4. The highest BCUT2D eigenvalue weighted by molar-refractivity contribution is 6.42. The van der Waals surface area contributed by atoms with Gasteiger partial charge in [0.25, 0.3) is 0 Å². The number of hydrogen-bond donors (Lipinski definition) is 2. The quantitative estimate of drug-likeness (QED) is 0.869. The molecular weight excluding hydrogens is 295 g/mol. The predicted molar refractivity (Wildman–Crippen MR) is 84.5 cm³/mol. The smallest absolute Gasteiger partial charge is 0.221 e. The van der Waals surface area contributed by atoms with E-state index in [0.717, 1.165) is 16.9 Å². The molecule has 3 nitrogen and oxygen atoms in total. The topological polar surface area (TPSA) is 41.1 Å². The van der Waals surface area contributed by atoms with Crippen LogP contribution in [0.15, 0.2) is 42.5 Å². The van der Waals surface area contributed by atoms with Crippen molar-refractivity contribution in [2.24, 2.45) is 0 Å². The minimum Gasteiger partial charge on any atom is -0.381 e. The number of hydrogen-bond acceptors (Lipinski definition) is 2. The second kappa shape index (κ2) is 6.64. The number of rotatable bonds is 4. The molecule has 0 aliphatic carbocycles. The molecule has 0 aromatic heterocycles. The van der Waals surface area contributed by atoms with Gasteiger partial charge in [0.1, 0.15) is 0 Å². The van der Waals surface area contributed by atoms with E-state index in [2.05, 4.69) is 10.6 Å². The Bertz CT molecular complexity index is 612. The molecule has 0 atom stereocenters. The number of carbonyl (C=O) groups is 1. The van der Waals surface area contributed by atoms with Crippen molar-refractivity contribution in [1.82, 2.24) is 0 Å². The molecule has 0 unspecified atom stereocenters. The summed E-state index contributed by atoms with van der Waals surface area (Å²) in [5, 5.41) is 7.09. The van der Waals surface area contributed by atoms with Gasteiger partial charge in [-0.05, 0) is 42.0 Å². The summed E-state index contributed by atoms with van der Waals surface area (Å²) in [7, 11) is 0. The second-order valence-corrected chi connectivity index (χ2v) is 5.17. The number of anilines is 2. The first kappa shape index (κ1) is 14.7. The van der Waals surface area contributed by atoms with E-state index in [0.29, 0.717) is 16.6 Å². The van der Waals surface area contributed by atoms with Gasteiger partial charge in [-0.25, -0.2) is 0 Å². The molecule has 0 saturated heterocycles. The molecule has 0 saturated carbocycles. The Morgan fingerprint density at radius 1 is 1.00 bits per heavy atom. The molecule has 0 bridgehead atoms. The number of amides is 1. The van der Waals surface area contributed by atoms with Gasteiger partial charge in [0.05, 0.1) is 10.0 Å². The summed E-state index contributed by atoms with van der Waals surface area (Å²) in [6.07, 6.45) is 0. The van der Waals surface area contributed by atoms with E-state index >= 15 is 0 Å². The van der Waals surface area contributed by atoms with E-state index in [4.69, 9.17) is 23.2 Å². The molecule has 0 radical (unpaired) electrons. The first-order chi connectivity index (χ1) is 9.54. The van der Waals surface area contributed by atoms with Gasteiger partial charge < -0.3 is 10.6 Å². The molecule has 0 heterocycles. The van der Waals surface area contributed by atoms with Crippen LogP contribution >= 0.6 is 23.2 Å². The summed E-state index contributed by atoms with van der Waals surface area (Å²) in [4.78, 5) is 10.9. The Kier molecular flexibility index (Phi) is 4.88. The normalized spacial score (nSPS) is 10.2. The lowest BCUT2D eigenvalue weighted by Crippen LogP contribution is -2.05. The van der Waals surface area contributed by atoms with Gasteiger partial charge in [-0.2, -0.15) is 0 Å². The molecule has 2 aromatic carbocycles. The Labute approximate surface area is 127 Å². The van der Waals surface area contributed by atoms with Crippen LogP contribution in [0.2, 0.25) is 10.0 Å². The lowest BCUT2D eigenvalue weighted by atomic mass is 10.2. The monoisotopic (exact) mass is 308 g/mol. The Morgan fingerprint density at radius 2 is 1.65 bits per heavy atom. The van der Waals surface area contributed by atoms with E-state index < -0.39 is 0 Å². The van der Waals surface area contributed by atoms with Crippen LogP contribution in [0.5, 0.6) is 0 Å². The first-order valence-corrected chi connectivity index (χ1v) is 6.85. The van der Waals surface area contributed by atoms with Crippen LogP contribution in [-0.4, -0.2) is 5.91 Å². The third-order valence-corrected chi connectivity index (χ3v) is 3.42. The van der Waals surface area contributed by atoms with Crippen LogP contribution in [-0.2, 0) is 11.3 Å². The highest BCUT2D eigenvalue weighted by Gasteiger charge is 2.00. The van der Waals surface area contributed by atoms with Crippen LogP contribution < -0.4 is 10.6 Å². The minimum atomic E-state index is -0.0819. The van der Waals surface area contributed by atoms with Gasteiger partial charge >= 0.3 is 0 Å². The van der Waals surface area contributed by atoms with Crippen molar-refractivity contribution in [3.05, 3.63) is 58.1 Å². The standard InChI is InChI=1S/C15H14Cl2N2O/c1-10(20)19-13-5-3-12(4-6-13)18-9-11-2-7-14(16)15(17)8-11/h2-8,18H,9H2,1H3,(H,19,20). The molecule has 2 aromatic rings. The highest BCUT2D eigenvalue weighted by Crippen LogP contribution is 2.23. The first-order valence-electron chi connectivity index (χ1n) is 6.10. The van der Waals surface area contributed by atoms with Gasteiger partial charge in [0.2, 0.25) is 5.91 Å². The molecule has 0 aliphatic rings. The summed E-state index contributed by atoms with van der Waals surface area (Å²) in [6.45, 7) is 2.13. The zero-order valence-electron chi connectivity index (χ0n) is 10.9. The largest absolute Gasteiger partial charge is 0.381 e. The molecule has 104 valence electrons. The van der Waals surface area contributed by atoms with Crippen LogP contribution in [0, 0.1) is 0 Å². The number of halogens is 2. The molecule has 2 rings (SSSR count). The fraction of sp³-hybridized carbons (Fsp3) is 0.133. The van der Waals surface area contributed by atoms with Crippen LogP contribution in [0.1, 0.15) is 12.5 Å². The third kappa shape index (κ3) is 4.15. The average molecular weight is 309 g/mol. The second-order valence-electron chi connectivity index (χ2n) is 4.36. The van der Waals surface area contributed by atoms with Gasteiger partial charge in [-0.3, -0.25) is 4.79 Å². The van der Waals surface area contributed by atoms with Crippen molar-refractivity contribution >= 4 is 40.5 Å². The molecular formula is C15H14Cl2N2O. The van der Waals surface area contributed by atoms with Crippen molar-refractivity contribution in [3.63, 3.8) is 0 Å². The fourth-order valence-corrected chi connectivity index (χ4v) is 2.05. The molecule has 0 fully saturated rings. The lowest BCUT2D eigenvalue weighted by Gasteiger charge is -2.08. The lowest BCUT2D eigenvalue weighted by molar-refractivity contribution is -0.114. The minimum absolute atomic E-state index is 0.0819. The molecule has 2 N–H and O–H groups in total. The van der Waals surface area contributed by atoms with Gasteiger partial charge in [0.15, 0.2) is 0 Å². The van der Waals surface area contributed by atoms with E-state index in [-0.39, 0.29) is 5.91 Å². The van der Waals surface area contributed by atoms with Gasteiger partial charge in [-0.15, -0.1) is 0 Å². The summed E-state index contributed by atoms with van der Waals surface area (Å²) in [6, 6.07) is 13.0. The maximum Gasteiger partial charge on any atom is 0.221 e. The Morgan fingerprint density at radius 3 is 2.25 bits per heavy atom.